The highest BCUT2D eigenvalue weighted by Gasteiger charge is 2.51. The van der Waals surface area contributed by atoms with Crippen LogP contribution in [0.3, 0.4) is 0 Å². The number of carbonyl (C=O) groups is 1. The Morgan fingerprint density at radius 3 is 2.53 bits per heavy atom. The number of nitrogens with one attached hydrogen (secondary N) is 3. The molecule has 15 N–H and O–H groups in total. The Morgan fingerprint density at radius 2 is 1.88 bits per heavy atom. The summed E-state index contributed by atoms with van der Waals surface area (Å²) < 4.78 is 23.8. The van der Waals surface area contributed by atoms with Crippen molar-refractivity contribution in [1.82, 2.24) is 16.0 Å². The number of hydrogen-bond donors (Lipinski definition) is 11. The van der Waals surface area contributed by atoms with E-state index >= 15 is 0 Å². The number of guanidine groups is 1. The number of aliphatic hydroxyl groups excluding tert-OH is 3. The maximum absolute atomic E-state index is 12.9. The lowest BCUT2D eigenvalue weighted by Crippen LogP contribution is -2.69. The molecular weight excluding hydrogens is 568 g/mol. The van der Waals surface area contributed by atoms with Crippen molar-refractivity contribution in [3.05, 3.63) is 11.8 Å². The average Bonchev–Trinajstić information content (AvgIpc) is 2.94. The Morgan fingerprint density at radius 1 is 1.19 bits per heavy atom. The highest BCUT2D eigenvalue weighted by molar-refractivity contribution is 5.81. The molecule has 3 rings (SSSR count). The summed E-state index contributed by atoms with van der Waals surface area (Å²) in [5, 5.41) is 52.3. The first kappa shape index (κ1) is 35.3. The molecular formula is C26H50N8O9. The van der Waals surface area contributed by atoms with Gasteiger partial charge < -0.3 is 78.3 Å². The third-order valence-corrected chi connectivity index (χ3v) is 7.85. The van der Waals surface area contributed by atoms with E-state index in [2.05, 4.69) is 20.9 Å². The number of ether oxygens (including phenoxy) is 4. The highest BCUT2D eigenvalue weighted by Crippen LogP contribution is 2.32. The zero-order valence-electron chi connectivity index (χ0n) is 25.0. The van der Waals surface area contributed by atoms with Crippen LogP contribution >= 0.6 is 0 Å². The van der Waals surface area contributed by atoms with E-state index in [1.165, 1.54) is 6.92 Å². The number of rotatable bonds is 13. The maximum Gasteiger partial charge on any atom is 0.249 e. The first-order valence-electron chi connectivity index (χ1n) is 14.6. The molecule has 2 heterocycles. The number of amides is 1. The van der Waals surface area contributed by atoms with Gasteiger partial charge in [0.1, 0.15) is 41.9 Å². The van der Waals surface area contributed by atoms with Gasteiger partial charge in [-0.05, 0) is 39.4 Å². The Hall–Kier alpha value is -2.16. The van der Waals surface area contributed by atoms with Crippen molar-refractivity contribution < 1.29 is 44.2 Å². The van der Waals surface area contributed by atoms with Gasteiger partial charge in [0.05, 0.1) is 31.3 Å². The first-order chi connectivity index (χ1) is 20.3. The summed E-state index contributed by atoms with van der Waals surface area (Å²) in [4.78, 5) is 16.7. The molecule has 12 atom stereocenters. The second-order valence-electron chi connectivity index (χ2n) is 11.4. The van der Waals surface area contributed by atoms with Crippen LogP contribution in [0.4, 0.5) is 0 Å². The molecule has 2 fully saturated rings. The fraction of sp³-hybridized carbons (Fsp3) is 0.846. The van der Waals surface area contributed by atoms with E-state index < -0.39 is 78.8 Å². The quantitative estimate of drug-likeness (QED) is 0.0680. The van der Waals surface area contributed by atoms with E-state index in [0.717, 1.165) is 6.54 Å². The van der Waals surface area contributed by atoms with Gasteiger partial charge in [-0.2, -0.15) is 0 Å². The molecule has 0 aromatic carbocycles. The Bertz CT molecular complexity index is 969. The molecule has 0 radical (unpaired) electrons. The summed E-state index contributed by atoms with van der Waals surface area (Å²) in [6.07, 6.45) is -6.45. The second kappa shape index (κ2) is 15.7. The molecule has 0 aromatic rings. The van der Waals surface area contributed by atoms with E-state index in [0.29, 0.717) is 18.7 Å². The van der Waals surface area contributed by atoms with Crippen LogP contribution in [0, 0.1) is 0 Å². The molecule has 0 aromatic heterocycles. The molecule has 17 heteroatoms. The van der Waals surface area contributed by atoms with Crippen molar-refractivity contribution in [3.63, 3.8) is 0 Å². The summed E-state index contributed by atoms with van der Waals surface area (Å²) >= 11 is 0. The van der Waals surface area contributed by atoms with Crippen LogP contribution in [0.5, 0.6) is 0 Å². The van der Waals surface area contributed by atoms with Crippen molar-refractivity contribution in [3.8, 4) is 0 Å². The van der Waals surface area contributed by atoms with Gasteiger partial charge in [0.15, 0.2) is 12.2 Å². The summed E-state index contributed by atoms with van der Waals surface area (Å²) in [5.74, 6) is -0.298. The van der Waals surface area contributed by atoms with Crippen LogP contribution < -0.4 is 38.9 Å². The van der Waals surface area contributed by atoms with Crippen LogP contribution in [0.25, 0.3) is 0 Å². The minimum Gasteiger partial charge on any atom is -0.467 e. The van der Waals surface area contributed by atoms with Gasteiger partial charge in [-0.15, -0.1) is 0 Å². The van der Waals surface area contributed by atoms with E-state index in [1.54, 1.807) is 7.05 Å². The smallest absolute Gasteiger partial charge is 0.249 e. The first-order valence-corrected chi connectivity index (χ1v) is 14.6. The zero-order chi connectivity index (χ0) is 31.9. The Kier molecular flexibility index (Phi) is 12.9. The van der Waals surface area contributed by atoms with E-state index in [9.17, 15) is 25.2 Å². The van der Waals surface area contributed by atoms with Gasteiger partial charge in [-0.25, -0.2) is 0 Å². The third kappa shape index (κ3) is 9.18. The molecule has 0 bridgehead atoms. The third-order valence-electron chi connectivity index (χ3n) is 7.85. The molecule has 2 aliphatic heterocycles. The SMILES string of the molecule is CCNCC1=CCC(N)C(OC2C(N)CC(NC(=O)C(O)CCN=C(N)N)C(OC3OCC(C)(O)C(NC)C3O)C2O)O1. The van der Waals surface area contributed by atoms with E-state index in [1.807, 2.05) is 13.0 Å². The van der Waals surface area contributed by atoms with Gasteiger partial charge in [-0.1, -0.05) is 6.92 Å². The maximum atomic E-state index is 12.9. The van der Waals surface area contributed by atoms with Crippen LogP contribution in [0.2, 0.25) is 0 Å². The predicted molar refractivity (Wildman–Crippen MR) is 155 cm³/mol. The lowest BCUT2D eigenvalue weighted by molar-refractivity contribution is -0.304. The minimum atomic E-state index is -1.47. The number of likely N-dealkylation sites (N-methyl/N-ethyl adjacent to an activating group) is 2. The number of carbonyl (C=O) groups excluding carboxylic acids is 1. The lowest BCUT2D eigenvalue weighted by atomic mass is 9.83. The van der Waals surface area contributed by atoms with Gasteiger partial charge in [0.2, 0.25) is 12.2 Å². The standard InChI is InChI=1S/C26H50N8O9/c1-4-32-10-12-5-6-13(27)23(41-12)42-19-14(28)9-15(34-22(38)16(35)7-8-33-25(29)30)20(17(19)36)43-24-18(37)21(31-3)26(2,39)11-40-24/h5,13-21,23-24,31-32,35-37,39H,4,6-11,27-28H2,1-3H3,(H,34,38)(H4,29,30,33). The predicted octanol–water partition coefficient (Wildman–Crippen LogP) is -5.02. The number of nitrogens with two attached hydrogens (primary N) is 4. The van der Waals surface area contributed by atoms with Crippen molar-refractivity contribution in [2.45, 2.75) is 106 Å². The molecule has 1 aliphatic carbocycles. The van der Waals surface area contributed by atoms with E-state index in [4.69, 9.17) is 41.9 Å². The lowest BCUT2D eigenvalue weighted by Gasteiger charge is -2.48. The monoisotopic (exact) mass is 618 g/mol. The average molecular weight is 619 g/mol. The van der Waals surface area contributed by atoms with Crippen molar-refractivity contribution in [2.75, 3.05) is 33.3 Å². The van der Waals surface area contributed by atoms with Crippen molar-refractivity contribution in [2.24, 2.45) is 27.9 Å². The molecule has 43 heavy (non-hydrogen) atoms. The molecule has 1 saturated carbocycles. The van der Waals surface area contributed by atoms with E-state index in [-0.39, 0.29) is 32.0 Å². The van der Waals surface area contributed by atoms with Crippen LogP contribution in [-0.2, 0) is 23.7 Å². The van der Waals surface area contributed by atoms with Crippen molar-refractivity contribution in [1.29, 1.82) is 0 Å². The number of nitrogens with zero attached hydrogens (tertiary/aromatic N) is 1. The van der Waals surface area contributed by atoms with Crippen LogP contribution in [0.1, 0.15) is 33.1 Å². The molecule has 1 amide bonds. The number of hydrogen-bond acceptors (Lipinski definition) is 14. The summed E-state index contributed by atoms with van der Waals surface area (Å²) in [7, 11) is 1.57. The number of aliphatic hydroxyl groups is 4. The van der Waals surface area contributed by atoms with Gasteiger partial charge in [0, 0.05) is 19.0 Å². The van der Waals surface area contributed by atoms with Crippen LogP contribution in [-0.4, -0.2) is 138 Å². The summed E-state index contributed by atoms with van der Waals surface area (Å²) in [6.45, 7) is 4.50. The molecule has 3 aliphatic rings. The number of aliphatic imine (C=N–C) groups is 1. The molecule has 1 saturated heterocycles. The minimum absolute atomic E-state index is 0.0128. The summed E-state index contributed by atoms with van der Waals surface area (Å²) in [6, 6.07) is -3.13. The molecule has 248 valence electrons. The fourth-order valence-electron chi connectivity index (χ4n) is 5.49. The molecule has 12 unspecified atom stereocenters. The van der Waals surface area contributed by atoms with Crippen LogP contribution in [0.15, 0.2) is 16.8 Å². The molecule has 0 spiro atoms. The highest BCUT2D eigenvalue weighted by atomic mass is 16.7. The van der Waals surface area contributed by atoms with Gasteiger partial charge in [0.25, 0.3) is 0 Å². The fourth-order valence-corrected chi connectivity index (χ4v) is 5.49. The van der Waals surface area contributed by atoms with Crippen molar-refractivity contribution >= 4 is 11.9 Å². The van der Waals surface area contributed by atoms with Gasteiger partial charge >= 0.3 is 0 Å². The normalized spacial score (nSPS) is 38.9. The Labute approximate surface area is 251 Å². The van der Waals surface area contributed by atoms with Gasteiger partial charge in [-0.3, -0.25) is 9.79 Å². The topological polar surface area (TPSA) is 287 Å². The second-order valence-corrected chi connectivity index (χ2v) is 11.4. The summed E-state index contributed by atoms with van der Waals surface area (Å²) in [5.41, 5.74) is 21.9. The largest absolute Gasteiger partial charge is 0.467 e. The Balaban J connectivity index is 1.80. The molecule has 17 nitrogen and oxygen atoms in total. The zero-order valence-corrected chi connectivity index (χ0v) is 25.0.